The first-order valence-electron chi connectivity index (χ1n) is 8.17. The standard InChI is InChI=1S/C19H17FN4O3/c20-15-4-2-1-3-14(15)16-11-22-18(27-16)10-9-17(25)23-12-5-7-13(8-6-12)24-19(21)26/h1-8,11H,9-10H2,(H,23,25)(H3,21,24,26). The highest BCUT2D eigenvalue weighted by Gasteiger charge is 2.12. The van der Waals surface area contributed by atoms with Gasteiger partial charge in [-0.15, -0.1) is 0 Å². The van der Waals surface area contributed by atoms with Crippen molar-refractivity contribution in [2.45, 2.75) is 12.8 Å². The van der Waals surface area contributed by atoms with Gasteiger partial charge in [-0.05, 0) is 36.4 Å². The number of aromatic nitrogens is 1. The van der Waals surface area contributed by atoms with Crippen molar-refractivity contribution in [1.82, 2.24) is 4.98 Å². The number of benzene rings is 2. The van der Waals surface area contributed by atoms with Crippen LogP contribution < -0.4 is 16.4 Å². The van der Waals surface area contributed by atoms with Crippen LogP contribution in [-0.4, -0.2) is 16.9 Å². The number of hydrogen-bond donors (Lipinski definition) is 3. The van der Waals surface area contributed by atoms with E-state index in [2.05, 4.69) is 15.6 Å². The number of primary amides is 1. The largest absolute Gasteiger partial charge is 0.441 e. The number of nitrogens with two attached hydrogens (primary N) is 1. The fourth-order valence-electron chi connectivity index (χ4n) is 2.43. The van der Waals surface area contributed by atoms with E-state index in [4.69, 9.17) is 10.2 Å². The Labute approximate surface area is 154 Å². The molecule has 3 rings (SSSR count). The molecule has 0 radical (unpaired) electrons. The second-order valence-corrected chi connectivity index (χ2v) is 5.71. The van der Waals surface area contributed by atoms with E-state index in [0.717, 1.165) is 0 Å². The minimum Gasteiger partial charge on any atom is -0.441 e. The Morgan fingerprint density at radius 3 is 2.37 bits per heavy atom. The molecule has 0 aliphatic heterocycles. The van der Waals surface area contributed by atoms with Crippen molar-refractivity contribution < 1.29 is 18.4 Å². The Morgan fingerprint density at radius 2 is 1.70 bits per heavy atom. The van der Waals surface area contributed by atoms with Gasteiger partial charge in [0.2, 0.25) is 5.91 Å². The first-order chi connectivity index (χ1) is 13.0. The predicted molar refractivity (Wildman–Crippen MR) is 98.5 cm³/mol. The zero-order chi connectivity index (χ0) is 19.2. The molecule has 3 amide bonds. The molecule has 4 N–H and O–H groups in total. The monoisotopic (exact) mass is 368 g/mol. The van der Waals surface area contributed by atoms with Gasteiger partial charge < -0.3 is 20.8 Å². The summed E-state index contributed by atoms with van der Waals surface area (Å²) in [5, 5.41) is 5.16. The van der Waals surface area contributed by atoms with Crippen molar-refractivity contribution in [1.29, 1.82) is 0 Å². The molecule has 7 nitrogen and oxygen atoms in total. The number of halogens is 1. The highest BCUT2D eigenvalue weighted by atomic mass is 19.1. The number of anilines is 2. The summed E-state index contributed by atoms with van der Waals surface area (Å²) in [6.45, 7) is 0. The van der Waals surface area contributed by atoms with Gasteiger partial charge in [-0.25, -0.2) is 14.2 Å². The van der Waals surface area contributed by atoms with Crippen LogP contribution in [0.2, 0.25) is 0 Å². The number of nitrogens with zero attached hydrogens (tertiary/aromatic N) is 1. The Morgan fingerprint density at radius 1 is 1.04 bits per heavy atom. The molecule has 0 aliphatic rings. The number of rotatable bonds is 6. The molecule has 27 heavy (non-hydrogen) atoms. The highest BCUT2D eigenvalue weighted by Crippen LogP contribution is 2.23. The number of hydrogen-bond acceptors (Lipinski definition) is 4. The molecule has 1 heterocycles. The molecule has 0 spiro atoms. The van der Waals surface area contributed by atoms with Gasteiger partial charge in [-0.1, -0.05) is 12.1 Å². The van der Waals surface area contributed by atoms with E-state index in [0.29, 0.717) is 28.6 Å². The van der Waals surface area contributed by atoms with E-state index >= 15 is 0 Å². The predicted octanol–water partition coefficient (Wildman–Crippen LogP) is 3.54. The lowest BCUT2D eigenvalue weighted by molar-refractivity contribution is -0.116. The van der Waals surface area contributed by atoms with Gasteiger partial charge in [0.25, 0.3) is 0 Å². The molecule has 3 aromatic rings. The molecule has 0 saturated carbocycles. The van der Waals surface area contributed by atoms with E-state index in [9.17, 15) is 14.0 Å². The number of amides is 3. The minimum atomic E-state index is -0.660. The van der Waals surface area contributed by atoms with Crippen LogP contribution in [0, 0.1) is 5.82 Å². The summed E-state index contributed by atoms with van der Waals surface area (Å²) in [5.41, 5.74) is 6.46. The van der Waals surface area contributed by atoms with E-state index in [1.807, 2.05) is 0 Å². The zero-order valence-electron chi connectivity index (χ0n) is 14.2. The Balaban J connectivity index is 1.54. The summed E-state index contributed by atoms with van der Waals surface area (Å²) in [4.78, 5) is 26.9. The van der Waals surface area contributed by atoms with Crippen molar-refractivity contribution in [3.05, 3.63) is 66.4 Å². The van der Waals surface area contributed by atoms with Crippen LogP contribution in [0.1, 0.15) is 12.3 Å². The highest BCUT2D eigenvalue weighted by molar-refractivity contribution is 5.92. The summed E-state index contributed by atoms with van der Waals surface area (Å²) >= 11 is 0. The topological polar surface area (TPSA) is 110 Å². The molecule has 2 aromatic carbocycles. The van der Waals surface area contributed by atoms with E-state index < -0.39 is 11.8 Å². The van der Waals surface area contributed by atoms with Crippen molar-refractivity contribution in [3.63, 3.8) is 0 Å². The molecular formula is C19H17FN4O3. The first-order valence-corrected chi connectivity index (χ1v) is 8.17. The van der Waals surface area contributed by atoms with Gasteiger partial charge in [-0.3, -0.25) is 4.79 Å². The summed E-state index contributed by atoms with van der Waals surface area (Å²) in [7, 11) is 0. The molecule has 0 atom stereocenters. The summed E-state index contributed by atoms with van der Waals surface area (Å²) in [6.07, 6.45) is 1.87. The van der Waals surface area contributed by atoms with Crippen LogP contribution in [0.4, 0.5) is 20.6 Å². The number of carbonyl (C=O) groups excluding carboxylic acids is 2. The van der Waals surface area contributed by atoms with Crippen LogP contribution >= 0.6 is 0 Å². The maximum atomic E-state index is 13.8. The SMILES string of the molecule is NC(=O)Nc1ccc(NC(=O)CCc2ncc(-c3ccccc3F)o2)cc1. The summed E-state index contributed by atoms with van der Waals surface area (Å²) in [6, 6.07) is 12.1. The van der Waals surface area contributed by atoms with Crippen molar-refractivity contribution in [3.8, 4) is 11.3 Å². The third-order valence-corrected chi connectivity index (χ3v) is 3.70. The molecule has 0 saturated heterocycles. The average Bonchev–Trinajstić information content (AvgIpc) is 3.10. The Kier molecular flexibility index (Phi) is 5.46. The third kappa shape index (κ3) is 4.91. The van der Waals surface area contributed by atoms with Crippen LogP contribution in [0.5, 0.6) is 0 Å². The molecule has 0 bridgehead atoms. The fraction of sp³-hybridized carbons (Fsp3) is 0.105. The molecule has 0 fully saturated rings. The molecule has 8 heteroatoms. The second kappa shape index (κ2) is 8.13. The van der Waals surface area contributed by atoms with Crippen LogP contribution in [0.15, 0.2) is 59.1 Å². The van der Waals surface area contributed by atoms with Crippen molar-refractivity contribution in [2.24, 2.45) is 5.73 Å². The third-order valence-electron chi connectivity index (χ3n) is 3.70. The summed E-state index contributed by atoms with van der Waals surface area (Å²) < 4.78 is 19.3. The Hall–Kier alpha value is -3.68. The number of urea groups is 1. The van der Waals surface area contributed by atoms with Gasteiger partial charge in [0, 0.05) is 24.2 Å². The zero-order valence-corrected chi connectivity index (χ0v) is 14.2. The van der Waals surface area contributed by atoms with Crippen LogP contribution in [0.3, 0.4) is 0 Å². The molecule has 0 unspecified atom stereocenters. The smallest absolute Gasteiger partial charge is 0.316 e. The molecule has 138 valence electrons. The summed E-state index contributed by atoms with van der Waals surface area (Å²) in [5.74, 6) is 0.0499. The quantitative estimate of drug-likeness (QED) is 0.618. The van der Waals surface area contributed by atoms with Crippen LogP contribution in [-0.2, 0) is 11.2 Å². The van der Waals surface area contributed by atoms with E-state index in [1.165, 1.54) is 12.3 Å². The fourth-order valence-corrected chi connectivity index (χ4v) is 2.43. The number of carbonyl (C=O) groups is 2. The Bertz CT molecular complexity index is 954. The maximum absolute atomic E-state index is 13.8. The normalized spacial score (nSPS) is 10.4. The van der Waals surface area contributed by atoms with Crippen molar-refractivity contribution in [2.75, 3.05) is 10.6 Å². The number of nitrogens with one attached hydrogen (secondary N) is 2. The van der Waals surface area contributed by atoms with Crippen molar-refractivity contribution >= 4 is 23.3 Å². The molecule has 1 aromatic heterocycles. The molecule has 0 aliphatic carbocycles. The average molecular weight is 368 g/mol. The lowest BCUT2D eigenvalue weighted by Crippen LogP contribution is -2.19. The number of aryl methyl sites for hydroxylation is 1. The van der Waals surface area contributed by atoms with Gasteiger partial charge in [-0.2, -0.15) is 0 Å². The van der Waals surface area contributed by atoms with Gasteiger partial charge >= 0.3 is 6.03 Å². The first kappa shape index (κ1) is 18.1. The lowest BCUT2D eigenvalue weighted by atomic mass is 10.2. The van der Waals surface area contributed by atoms with Gasteiger partial charge in [0.05, 0.1) is 11.8 Å². The number of oxazole rings is 1. The van der Waals surface area contributed by atoms with Gasteiger partial charge in [0.15, 0.2) is 11.7 Å². The lowest BCUT2D eigenvalue weighted by Gasteiger charge is -2.06. The minimum absolute atomic E-state index is 0.151. The van der Waals surface area contributed by atoms with E-state index in [1.54, 1.807) is 42.5 Å². The van der Waals surface area contributed by atoms with E-state index in [-0.39, 0.29) is 18.7 Å². The second-order valence-electron chi connectivity index (χ2n) is 5.71. The van der Waals surface area contributed by atoms with Gasteiger partial charge in [0.1, 0.15) is 5.82 Å². The van der Waals surface area contributed by atoms with Crippen LogP contribution in [0.25, 0.3) is 11.3 Å². The maximum Gasteiger partial charge on any atom is 0.316 e. The molecular weight excluding hydrogens is 351 g/mol.